The molecule has 2 unspecified atom stereocenters. The van der Waals surface area contributed by atoms with Crippen LogP contribution in [0.15, 0.2) is 0 Å². The quantitative estimate of drug-likeness (QED) is 0.762. The van der Waals surface area contributed by atoms with Crippen molar-refractivity contribution < 1.29 is 9.84 Å². The Balaban J connectivity index is 2.21. The van der Waals surface area contributed by atoms with Gasteiger partial charge in [-0.25, -0.2) is 0 Å². The number of ether oxygens (including phenoxy) is 1. The highest BCUT2D eigenvalue weighted by atomic mass is 16.5. The normalized spacial score (nSPS) is 37.6. The van der Waals surface area contributed by atoms with E-state index in [2.05, 4.69) is 27.7 Å². The second-order valence-electron chi connectivity index (χ2n) is 6.72. The molecule has 1 saturated carbocycles. The Bertz CT molecular complexity index is 262. The van der Waals surface area contributed by atoms with Crippen LogP contribution < -0.4 is 0 Å². The van der Waals surface area contributed by atoms with Gasteiger partial charge < -0.3 is 9.84 Å². The Morgan fingerprint density at radius 2 is 1.73 bits per heavy atom. The van der Waals surface area contributed by atoms with Gasteiger partial charge in [-0.05, 0) is 59.8 Å². The molecule has 2 nitrogen and oxygen atoms in total. The van der Waals surface area contributed by atoms with E-state index >= 15 is 0 Å². The van der Waals surface area contributed by atoms with Gasteiger partial charge in [-0.2, -0.15) is 0 Å². The summed E-state index contributed by atoms with van der Waals surface area (Å²) in [6.07, 6.45) is 3.32. The lowest BCUT2D eigenvalue weighted by Crippen LogP contribution is -2.46. The first kappa shape index (κ1) is 11.4. The van der Waals surface area contributed by atoms with Crippen molar-refractivity contribution in [2.45, 2.75) is 70.7 Å². The van der Waals surface area contributed by atoms with Crippen LogP contribution in [0.5, 0.6) is 0 Å². The highest BCUT2D eigenvalue weighted by Crippen LogP contribution is 2.53. The lowest BCUT2D eigenvalue weighted by atomic mass is 9.73. The summed E-state index contributed by atoms with van der Waals surface area (Å²) in [4.78, 5) is 0. The van der Waals surface area contributed by atoms with Crippen LogP contribution in [0.4, 0.5) is 0 Å². The summed E-state index contributed by atoms with van der Waals surface area (Å²) in [5.74, 6) is 0.756. The average molecular weight is 212 g/mol. The maximum atomic E-state index is 10.6. The summed E-state index contributed by atoms with van der Waals surface area (Å²) < 4.78 is 6.05. The van der Waals surface area contributed by atoms with Gasteiger partial charge in [-0.3, -0.25) is 0 Å². The third-order valence-corrected chi connectivity index (χ3v) is 4.18. The van der Waals surface area contributed by atoms with Crippen LogP contribution in [-0.4, -0.2) is 21.9 Å². The topological polar surface area (TPSA) is 29.5 Å². The maximum Gasteiger partial charge on any atom is 0.0704 e. The summed E-state index contributed by atoms with van der Waals surface area (Å²) >= 11 is 0. The molecule has 0 bridgehead atoms. The van der Waals surface area contributed by atoms with Crippen molar-refractivity contribution in [2.75, 3.05) is 0 Å². The molecule has 1 N–H and O–H groups in total. The van der Waals surface area contributed by atoms with E-state index in [-0.39, 0.29) is 17.1 Å². The van der Waals surface area contributed by atoms with Crippen LogP contribution >= 0.6 is 0 Å². The van der Waals surface area contributed by atoms with Gasteiger partial charge >= 0.3 is 0 Å². The van der Waals surface area contributed by atoms with Crippen LogP contribution in [0.2, 0.25) is 0 Å². The molecule has 0 amide bonds. The third kappa shape index (κ3) is 1.94. The first-order valence-corrected chi connectivity index (χ1v) is 6.08. The van der Waals surface area contributed by atoms with Crippen molar-refractivity contribution in [1.29, 1.82) is 0 Å². The second-order valence-corrected chi connectivity index (χ2v) is 6.72. The van der Waals surface area contributed by atoms with E-state index in [1.54, 1.807) is 0 Å². The third-order valence-electron chi connectivity index (χ3n) is 4.18. The zero-order valence-corrected chi connectivity index (χ0v) is 10.6. The molecular formula is C13H24O2. The first-order valence-electron chi connectivity index (χ1n) is 6.08. The summed E-state index contributed by atoms with van der Waals surface area (Å²) in [5, 5.41) is 10.6. The lowest BCUT2D eigenvalue weighted by Gasteiger charge is -2.37. The highest BCUT2D eigenvalue weighted by Gasteiger charge is 2.57. The average Bonchev–Trinajstić information content (AvgIpc) is 2.76. The van der Waals surface area contributed by atoms with Crippen molar-refractivity contribution in [3.05, 3.63) is 0 Å². The van der Waals surface area contributed by atoms with Gasteiger partial charge in [0.05, 0.1) is 16.8 Å². The first-order chi connectivity index (χ1) is 6.65. The molecule has 2 fully saturated rings. The molecule has 2 aliphatic rings. The van der Waals surface area contributed by atoms with Gasteiger partial charge in [0.2, 0.25) is 0 Å². The summed E-state index contributed by atoms with van der Waals surface area (Å²) in [6.45, 7) is 10.5. The largest absolute Gasteiger partial charge is 0.389 e. The molecule has 2 rings (SSSR count). The molecule has 0 aromatic heterocycles. The number of hydrogen-bond donors (Lipinski definition) is 1. The van der Waals surface area contributed by atoms with E-state index in [1.807, 2.05) is 6.92 Å². The minimum absolute atomic E-state index is 0.0902. The molecule has 1 saturated heterocycles. The SMILES string of the molecule is CC1(C)CC(C(C)(O)C2CC2)C(C)(C)O1. The molecular weight excluding hydrogens is 188 g/mol. The Kier molecular flexibility index (Phi) is 2.27. The van der Waals surface area contributed by atoms with Gasteiger partial charge in [0.25, 0.3) is 0 Å². The molecule has 88 valence electrons. The van der Waals surface area contributed by atoms with E-state index in [9.17, 15) is 5.11 Å². The Labute approximate surface area is 93.0 Å². The van der Waals surface area contributed by atoms with E-state index in [0.29, 0.717) is 5.92 Å². The van der Waals surface area contributed by atoms with E-state index in [4.69, 9.17) is 4.74 Å². The predicted octanol–water partition coefficient (Wildman–Crippen LogP) is 2.74. The van der Waals surface area contributed by atoms with E-state index in [0.717, 1.165) is 6.42 Å². The van der Waals surface area contributed by atoms with Gasteiger partial charge in [0.1, 0.15) is 0 Å². The van der Waals surface area contributed by atoms with Crippen molar-refractivity contribution in [3.63, 3.8) is 0 Å². The van der Waals surface area contributed by atoms with Crippen LogP contribution in [0.25, 0.3) is 0 Å². The monoisotopic (exact) mass is 212 g/mol. The minimum Gasteiger partial charge on any atom is -0.389 e. The summed E-state index contributed by atoms with van der Waals surface area (Å²) in [6, 6.07) is 0. The molecule has 1 heterocycles. The molecule has 0 spiro atoms. The van der Waals surface area contributed by atoms with Crippen molar-refractivity contribution in [1.82, 2.24) is 0 Å². The smallest absolute Gasteiger partial charge is 0.0704 e. The van der Waals surface area contributed by atoms with Crippen LogP contribution in [0, 0.1) is 11.8 Å². The number of aliphatic hydroxyl groups is 1. The molecule has 15 heavy (non-hydrogen) atoms. The fourth-order valence-corrected chi connectivity index (χ4v) is 3.42. The van der Waals surface area contributed by atoms with Crippen molar-refractivity contribution in [2.24, 2.45) is 11.8 Å². The second kappa shape index (κ2) is 2.98. The summed E-state index contributed by atoms with van der Waals surface area (Å²) in [5.41, 5.74) is -0.833. The van der Waals surface area contributed by atoms with Crippen molar-refractivity contribution >= 4 is 0 Å². The van der Waals surface area contributed by atoms with Gasteiger partial charge in [0, 0.05) is 5.92 Å². The Morgan fingerprint density at radius 3 is 2.07 bits per heavy atom. The molecule has 0 radical (unpaired) electrons. The zero-order chi connectivity index (χ0) is 11.5. The number of hydrogen-bond acceptors (Lipinski definition) is 2. The van der Waals surface area contributed by atoms with Crippen LogP contribution in [0.3, 0.4) is 0 Å². The Morgan fingerprint density at radius 1 is 1.20 bits per heavy atom. The van der Waals surface area contributed by atoms with Crippen LogP contribution in [0.1, 0.15) is 53.9 Å². The minimum atomic E-state index is -0.544. The fourth-order valence-electron chi connectivity index (χ4n) is 3.42. The molecule has 1 aliphatic heterocycles. The van der Waals surface area contributed by atoms with E-state index in [1.165, 1.54) is 12.8 Å². The molecule has 0 aromatic rings. The molecule has 1 aliphatic carbocycles. The van der Waals surface area contributed by atoms with Gasteiger partial charge in [-0.1, -0.05) is 0 Å². The lowest BCUT2D eigenvalue weighted by molar-refractivity contribution is -0.114. The van der Waals surface area contributed by atoms with Crippen molar-refractivity contribution in [3.8, 4) is 0 Å². The standard InChI is InChI=1S/C13H24O2/c1-11(2)8-10(12(3,4)15-11)13(5,14)9-6-7-9/h9-10,14H,6-8H2,1-5H3. The van der Waals surface area contributed by atoms with E-state index < -0.39 is 5.60 Å². The Hall–Kier alpha value is -0.0800. The van der Waals surface area contributed by atoms with Crippen LogP contribution in [-0.2, 0) is 4.74 Å². The molecule has 0 aromatic carbocycles. The molecule has 2 atom stereocenters. The fraction of sp³-hybridized carbons (Fsp3) is 1.00. The summed E-state index contributed by atoms with van der Waals surface area (Å²) in [7, 11) is 0. The van der Waals surface area contributed by atoms with Gasteiger partial charge in [0.15, 0.2) is 0 Å². The number of rotatable bonds is 2. The van der Waals surface area contributed by atoms with Gasteiger partial charge in [-0.15, -0.1) is 0 Å². The predicted molar refractivity (Wildman–Crippen MR) is 60.7 cm³/mol. The molecule has 2 heteroatoms. The zero-order valence-electron chi connectivity index (χ0n) is 10.6. The highest BCUT2D eigenvalue weighted by molar-refractivity contribution is 5.07. The maximum absolute atomic E-state index is 10.6.